The first-order valence-corrected chi connectivity index (χ1v) is 7.17. The Morgan fingerprint density at radius 3 is 2.55 bits per heavy atom. The minimum Gasteiger partial charge on any atom is -0.467 e. The van der Waals surface area contributed by atoms with Gasteiger partial charge in [0, 0.05) is 26.3 Å². The van der Waals surface area contributed by atoms with Crippen molar-refractivity contribution in [3.05, 3.63) is 0 Å². The van der Waals surface area contributed by atoms with Gasteiger partial charge < -0.3 is 20.1 Å². The maximum absolute atomic E-state index is 5.36. The van der Waals surface area contributed by atoms with Gasteiger partial charge in [0.05, 0.1) is 7.11 Å². The normalized spacial score (nSPS) is 18.0. The number of methoxy groups -OCH3 is 1. The number of hydrogen-bond acceptors (Lipinski definition) is 7. The number of rotatable bonds is 8. The van der Waals surface area contributed by atoms with Crippen LogP contribution in [0.4, 0.5) is 11.9 Å². The molecule has 1 aliphatic rings. The molecule has 1 unspecified atom stereocenters. The second-order valence-electron chi connectivity index (χ2n) is 4.84. The zero-order valence-corrected chi connectivity index (χ0v) is 12.2. The van der Waals surface area contributed by atoms with Gasteiger partial charge in [0.15, 0.2) is 0 Å². The van der Waals surface area contributed by atoms with Gasteiger partial charge in [0.1, 0.15) is 0 Å². The van der Waals surface area contributed by atoms with Crippen LogP contribution in [-0.2, 0) is 4.74 Å². The van der Waals surface area contributed by atoms with E-state index in [1.54, 1.807) is 7.11 Å². The quantitative estimate of drug-likeness (QED) is 0.748. The molecule has 7 heteroatoms. The predicted octanol–water partition coefficient (Wildman–Crippen LogP) is 1.54. The Labute approximate surface area is 119 Å². The Balaban J connectivity index is 1.87. The fourth-order valence-corrected chi connectivity index (χ4v) is 2.04. The van der Waals surface area contributed by atoms with Crippen LogP contribution in [0.25, 0.3) is 0 Å². The molecular weight excluding hydrogens is 258 g/mol. The molecule has 0 aliphatic carbocycles. The fourth-order valence-electron chi connectivity index (χ4n) is 2.04. The molecule has 2 rings (SSSR count). The van der Waals surface area contributed by atoms with E-state index in [1.165, 1.54) is 0 Å². The molecule has 0 bridgehead atoms. The average molecular weight is 281 g/mol. The molecule has 0 aromatic carbocycles. The van der Waals surface area contributed by atoms with Gasteiger partial charge >= 0.3 is 6.01 Å². The molecule has 0 saturated carbocycles. The number of aromatic nitrogens is 3. The maximum atomic E-state index is 5.36. The topological polar surface area (TPSA) is 81.2 Å². The number of nitrogens with zero attached hydrogens (tertiary/aromatic N) is 3. The van der Waals surface area contributed by atoms with Crippen LogP contribution in [0.5, 0.6) is 6.01 Å². The minimum absolute atomic E-state index is 0.324. The molecule has 1 aliphatic heterocycles. The fraction of sp³-hybridized carbons (Fsp3) is 0.769. The van der Waals surface area contributed by atoms with Gasteiger partial charge in [-0.2, -0.15) is 15.0 Å². The summed E-state index contributed by atoms with van der Waals surface area (Å²) < 4.78 is 10.5. The van der Waals surface area contributed by atoms with Crippen molar-refractivity contribution in [3.8, 4) is 6.01 Å². The molecule has 1 fully saturated rings. The standard InChI is InChI=1S/C13H23N5O2/c1-3-6-14-11-16-12(18-13(17-11)19-2)15-7-4-10-5-8-20-9-10/h10H,3-9H2,1-2H3,(H2,14,15,16,17,18). The first-order valence-electron chi connectivity index (χ1n) is 7.17. The summed E-state index contributed by atoms with van der Waals surface area (Å²) in [6.45, 7) is 5.50. The lowest BCUT2D eigenvalue weighted by Gasteiger charge is -2.10. The van der Waals surface area contributed by atoms with E-state index in [0.29, 0.717) is 23.8 Å². The van der Waals surface area contributed by atoms with E-state index in [2.05, 4.69) is 32.5 Å². The van der Waals surface area contributed by atoms with Crippen molar-refractivity contribution >= 4 is 11.9 Å². The SMILES string of the molecule is CCCNc1nc(NCCC2CCOC2)nc(OC)n1. The Kier molecular flexibility index (Phi) is 5.79. The van der Waals surface area contributed by atoms with Gasteiger partial charge in [-0.25, -0.2) is 0 Å². The summed E-state index contributed by atoms with van der Waals surface area (Å²) in [5, 5.41) is 6.36. The summed E-state index contributed by atoms with van der Waals surface area (Å²) in [6, 6.07) is 0.324. The van der Waals surface area contributed by atoms with Crippen molar-refractivity contribution < 1.29 is 9.47 Å². The number of hydrogen-bond donors (Lipinski definition) is 2. The molecule has 1 aromatic rings. The molecule has 1 atom stereocenters. The van der Waals surface area contributed by atoms with Crippen molar-refractivity contribution in [1.82, 2.24) is 15.0 Å². The van der Waals surface area contributed by atoms with Gasteiger partial charge in [0.2, 0.25) is 11.9 Å². The highest BCUT2D eigenvalue weighted by Gasteiger charge is 2.15. The van der Waals surface area contributed by atoms with Crippen molar-refractivity contribution in [1.29, 1.82) is 0 Å². The van der Waals surface area contributed by atoms with Crippen LogP contribution in [0, 0.1) is 5.92 Å². The Morgan fingerprint density at radius 1 is 1.20 bits per heavy atom. The van der Waals surface area contributed by atoms with E-state index in [0.717, 1.165) is 45.6 Å². The molecule has 2 N–H and O–H groups in total. The summed E-state index contributed by atoms with van der Waals surface area (Å²) in [7, 11) is 1.55. The van der Waals surface area contributed by atoms with Crippen LogP contribution in [0.1, 0.15) is 26.2 Å². The minimum atomic E-state index is 0.324. The van der Waals surface area contributed by atoms with Crippen molar-refractivity contribution in [2.75, 3.05) is 44.0 Å². The highest BCUT2D eigenvalue weighted by molar-refractivity contribution is 5.35. The third-order valence-corrected chi connectivity index (χ3v) is 3.19. The Hall–Kier alpha value is -1.63. The van der Waals surface area contributed by atoms with Crippen LogP contribution in [0.15, 0.2) is 0 Å². The van der Waals surface area contributed by atoms with Crippen LogP contribution in [-0.4, -0.2) is 48.4 Å². The third-order valence-electron chi connectivity index (χ3n) is 3.19. The zero-order chi connectivity index (χ0) is 14.2. The number of nitrogens with one attached hydrogen (secondary N) is 2. The predicted molar refractivity (Wildman–Crippen MR) is 77.2 cm³/mol. The first-order chi connectivity index (χ1) is 9.81. The van der Waals surface area contributed by atoms with Crippen molar-refractivity contribution in [2.45, 2.75) is 26.2 Å². The van der Waals surface area contributed by atoms with E-state index in [1.807, 2.05) is 0 Å². The smallest absolute Gasteiger partial charge is 0.322 e. The molecule has 0 radical (unpaired) electrons. The number of anilines is 2. The highest BCUT2D eigenvalue weighted by Crippen LogP contribution is 2.16. The van der Waals surface area contributed by atoms with Crippen molar-refractivity contribution in [3.63, 3.8) is 0 Å². The largest absolute Gasteiger partial charge is 0.467 e. The van der Waals surface area contributed by atoms with E-state index in [-0.39, 0.29) is 0 Å². The summed E-state index contributed by atoms with van der Waals surface area (Å²) >= 11 is 0. The van der Waals surface area contributed by atoms with E-state index in [9.17, 15) is 0 Å². The average Bonchev–Trinajstić information content (AvgIpc) is 2.98. The highest BCUT2D eigenvalue weighted by atomic mass is 16.5. The molecule has 112 valence electrons. The van der Waals surface area contributed by atoms with Gasteiger partial charge in [-0.1, -0.05) is 6.92 Å². The van der Waals surface area contributed by atoms with Gasteiger partial charge in [0.25, 0.3) is 0 Å². The number of ether oxygens (including phenoxy) is 2. The van der Waals surface area contributed by atoms with Gasteiger partial charge in [-0.3, -0.25) is 0 Å². The molecule has 1 aromatic heterocycles. The lowest BCUT2D eigenvalue weighted by Crippen LogP contribution is -2.13. The monoisotopic (exact) mass is 281 g/mol. The van der Waals surface area contributed by atoms with Gasteiger partial charge in [-0.15, -0.1) is 0 Å². The molecule has 0 amide bonds. The zero-order valence-electron chi connectivity index (χ0n) is 12.2. The Bertz CT molecular complexity index is 410. The van der Waals surface area contributed by atoms with E-state index < -0.39 is 0 Å². The van der Waals surface area contributed by atoms with Gasteiger partial charge in [-0.05, 0) is 25.2 Å². The maximum Gasteiger partial charge on any atom is 0.322 e. The van der Waals surface area contributed by atoms with Crippen LogP contribution < -0.4 is 15.4 Å². The molecule has 20 heavy (non-hydrogen) atoms. The summed E-state index contributed by atoms with van der Waals surface area (Å²) in [5.41, 5.74) is 0. The first kappa shape index (κ1) is 14.8. The van der Waals surface area contributed by atoms with E-state index >= 15 is 0 Å². The second-order valence-corrected chi connectivity index (χ2v) is 4.84. The van der Waals surface area contributed by atoms with Crippen LogP contribution in [0.2, 0.25) is 0 Å². The molecule has 1 saturated heterocycles. The summed E-state index contributed by atoms with van der Waals surface area (Å²) in [6.07, 6.45) is 3.22. The molecule has 0 spiro atoms. The Morgan fingerprint density at radius 2 is 1.95 bits per heavy atom. The molecule has 2 heterocycles. The molecule has 7 nitrogen and oxygen atoms in total. The summed E-state index contributed by atoms with van der Waals surface area (Å²) in [5.74, 6) is 1.74. The lowest BCUT2D eigenvalue weighted by atomic mass is 10.1. The van der Waals surface area contributed by atoms with Crippen LogP contribution in [0.3, 0.4) is 0 Å². The third kappa shape index (κ3) is 4.48. The molecular formula is C13H23N5O2. The summed E-state index contributed by atoms with van der Waals surface area (Å²) in [4.78, 5) is 12.7. The van der Waals surface area contributed by atoms with Crippen LogP contribution >= 0.6 is 0 Å². The van der Waals surface area contributed by atoms with E-state index in [4.69, 9.17) is 9.47 Å². The van der Waals surface area contributed by atoms with Crippen molar-refractivity contribution in [2.24, 2.45) is 5.92 Å². The lowest BCUT2D eigenvalue weighted by molar-refractivity contribution is 0.185. The second kappa shape index (κ2) is 7.84.